The van der Waals surface area contributed by atoms with Crippen LogP contribution in [0.4, 0.5) is 4.39 Å². The van der Waals surface area contributed by atoms with Gasteiger partial charge in [0.05, 0.1) is 12.0 Å². The molecule has 2 aromatic carbocycles. The number of carbonyl (C=O) groups is 1. The van der Waals surface area contributed by atoms with E-state index < -0.39 is 15.8 Å². The van der Waals surface area contributed by atoms with Crippen LogP contribution < -0.4 is 4.74 Å². The fraction of sp³-hybridized carbons (Fsp3) is 0.278. The van der Waals surface area contributed by atoms with E-state index in [0.717, 1.165) is 6.07 Å². The Morgan fingerprint density at radius 3 is 2.27 bits per heavy atom. The monoisotopic (exact) mass is 378 g/mol. The van der Waals surface area contributed by atoms with Gasteiger partial charge in [-0.3, -0.25) is 4.79 Å². The van der Waals surface area contributed by atoms with Crippen LogP contribution in [-0.2, 0) is 10.0 Å². The number of carbonyl (C=O) groups excluding carboxylic acids is 1. The zero-order valence-corrected chi connectivity index (χ0v) is 15.1. The zero-order chi connectivity index (χ0) is 18.7. The number of ether oxygens (including phenoxy) is 1. The number of amides is 1. The van der Waals surface area contributed by atoms with Gasteiger partial charge in [0.1, 0.15) is 0 Å². The minimum atomic E-state index is -3.57. The van der Waals surface area contributed by atoms with Gasteiger partial charge in [-0.2, -0.15) is 4.31 Å². The van der Waals surface area contributed by atoms with E-state index in [4.69, 9.17) is 4.74 Å². The van der Waals surface area contributed by atoms with Crippen molar-refractivity contribution in [1.29, 1.82) is 0 Å². The first kappa shape index (κ1) is 18.3. The number of hydrogen-bond donors (Lipinski definition) is 0. The van der Waals surface area contributed by atoms with Crippen LogP contribution in [0.5, 0.6) is 5.75 Å². The van der Waals surface area contributed by atoms with Gasteiger partial charge in [-0.05, 0) is 30.3 Å². The van der Waals surface area contributed by atoms with E-state index in [0.29, 0.717) is 0 Å². The quantitative estimate of drug-likeness (QED) is 0.816. The van der Waals surface area contributed by atoms with E-state index in [-0.39, 0.29) is 48.3 Å². The van der Waals surface area contributed by atoms with Crippen molar-refractivity contribution in [2.24, 2.45) is 0 Å². The number of hydrogen-bond acceptors (Lipinski definition) is 4. The van der Waals surface area contributed by atoms with Crippen LogP contribution in [0.1, 0.15) is 10.4 Å². The lowest BCUT2D eigenvalue weighted by Gasteiger charge is -2.34. The normalized spacial score (nSPS) is 15.7. The molecule has 26 heavy (non-hydrogen) atoms. The summed E-state index contributed by atoms with van der Waals surface area (Å²) in [6.45, 7) is 0.889. The molecule has 138 valence electrons. The lowest BCUT2D eigenvalue weighted by Crippen LogP contribution is -2.50. The minimum Gasteiger partial charge on any atom is -0.494 e. The SMILES string of the molecule is COc1ccc(C(=O)N2CCN(S(=O)(=O)c3ccccc3)CC2)cc1F. The Labute approximate surface area is 151 Å². The van der Waals surface area contributed by atoms with Gasteiger partial charge in [-0.25, -0.2) is 12.8 Å². The average molecular weight is 378 g/mol. The molecule has 0 saturated carbocycles. The molecule has 3 rings (SSSR count). The number of nitrogens with zero attached hydrogens (tertiary/aromatic N) is 2. The van der Waals surface area contributed by atoms with Gasteiger partial charge in [-0.15, -0.1) is 0 Å². The van der Waals surface area contributed by atoms with Crippen molar-refractivity contribution in [2.75, 3.05) is 33.3 Å². The van der Waals surface area contributed by atoms with E-state index in [1.807, 2.05) is 0 Å². The first-order valence-electron chi connectivity index (χ1n) is 8.11. The van der Waals surface area contributed by atoms with Crippen molar-refractivity contribution < 1.29 is 22.3 Å². The summed E-state index contributed by atoms with van der Waals surface area (Å²) in [6, 6.07) is 12.2. The predicted molar refractivity (Wildman–Crippen MR) is 94.1 cm³/mol. The van der Waals surface area contributed by atoms with Crippen molar-refractivity contribution in [1.82, 2.24) is 9.21 Å². The van der Waals surface area contributed by atoms with E-state index in [2.05, 4.69) is 0 Å². The summed E-state index contributed by atoms with van der Waals surface area (Å²) in [6.07, 6.45) is 0. The van der Waals surface area contributed by atoms with Crippen LogP contribution in [0.25, 0.3) is 0 Å². The highest BCUT2D eigenvalue weighted by Crippen LogP contribution is 2.21. The third-order valence-electron chi connectivity index (χ3n) is 4.31. The van der Waals surface area contributed by atoms with Gasteiger partial charge >= 0.3 is 0 Å². The molecule has 1 aliphatic heterocycles. The lowest BCUT2D eigenvalue weighted by atomic mass is 10.1. The van der Waals surface area contributed by atoms with E-state index in [1.54, 1.807) is 30.3 Å². The molecule has 0 aliphatic carbocycles. The zero-order valence-electron chi connectivity index (χ0n) is 14.3. The Morgan fingerprint density at radius 1 is 1.04 bits per heavy atom. The van der Waals surface area contributed by atoms with Crippen LogP contribution in [0.15, 0.2) is 53.4 Å². The maximum absolute atomic E-state index is 13.8. The maximum Gasteiger partial charge on any atom is 0.254 e. The number of methoxy groups -OCH3 is 1. The summed E-state index contributed by atoms with van der Waals surface area (Å²) >= 11 is 0. The topological polar surface area (TPSA) is 66.9 Å². The fourth-order valence-corrected chi connectivity index (χ4v) is 4.30. The molecule has 0 aromatic heterocycles. The van der Waals surface area contributed by atoms with Crippen molar-refractivity contribution in [3.05, 3.63) is 59.9 Å². The van der Waals surface area contributed by atoms with E-state index >= 15 is 0 Å². The second kappa shape index (κ2) is 7.43. The van der Waals surface area contributed by atoms with Crippen LogP contribution in [0, 0.1) is 5.82 Å². The standard InChI is InChI=1S/C18H19FN2O4S/c1-25-17-8-7-14(13-16(17)19)18(22)20-9-11-21(12-10-20)26(23,24)15-5-3-2-4-6-15/h2-8,13H,9-12H2,1H3. The Hall–Kier alpha value is -2.45. The minimum absolute atomic E-state index is 0.0697. The fourth-order valence-electron chi connectivity index (χ4n) is 2.86. The Balaban J connectivity index is 1.68. The second-order valence-corrected chi connectivity index (χ2v) is 7.80. The average Bonchev–Trinajstić information content (AvgIpc) is 2.68. The molecule has 0 atom stereocenters. The second-order valence-electron chi connectivity index (χ2n) is 5.86. The molecule has 0 N–H and O–H groups in total. The third kappa shape index (κ3) is 3.56. The van der Waals surface area contributed by atoms with Crippen LogP contribution in [-0.4, -0.2) is 56.8 Å². The predicted octanol–water partition coefficient (Wildman–Crippen LogP) is 1.98. The smallest absolute Gasteiger partial charge is 0.254 e. The molecule has 6 nitrogen and oxygen atoms in total. The van der Waals surface area contributed by atoms with E-state index in [9.17, 15) is 17.6 Å². The highest BCUT2D eigenvalue weighted by molar-refractivity contribution is 7.89. The Morgan fingerprint density at radius 2 is 1.69 bits per heavy atom. The number of halogens is 1. The van der Waals surface area contributed by atoms with Gasteiger partial charge in [-0.1, -0.05) is 18.2 Å². The molecule has 1 amide bonds. The van der Waals surface area contributed by atoms with Gasteiger partial charge in [0.15, 0.2) is 11.6 Å². The summed E-state index contributed by atoms with van der Waals surface area (Å²) < 4.78 is 45.2. The van der Waals surface area contributed by atoms with Gasteiger partial charge in [0, 0.05) is 31.7 Å². The van der Waals surface area contributed by atoms with E-state index in [1.165, 1.54) is 28.4 Å². The lowest BCUT2D eigenvalue weighted by molar-refractivity contribution is 0.0697. The number of rotatable bonds is 4. The van der Waals surface area contributed by atoms with Crippen LogP contribution in [0.2, 0.25) is 0 Å². The van der Waals surface area contributed by atoms with Crippen molar-refractivity contribution in [3.63, 3.8) is 0 Å². The third-order valence-corrected chi connectivity index (χ3v) is 6.22. The molecule has 0 radical (unpaired) electrons. The van der Waals surface area contributed by atoms with Crippen LogP contribution >= 0.6 is 0 Å². The maximum atomic E-state index is 13.8. The van der Waals surface area contributed by atoms with Gasteiger partial charge < -0.3 is 9.64 Å². The molecule has 1 fully saturated rings. The number of piperazine rings is 1. The number of benzene rings is 2. The molecular weight excluding hydrogens is 359 g/mol. The summed E-state index contributed by atoms with van der Waals surface area (Å²) in [4.78, 5) is 14.3. The molecule has 2 aromatic rings. The Kier molecular flexibility index (Phi) is 5.24. The molecule has 1 aliphatic rings. The summed E-state index contributed by atoms with van der Waals surface area (Å²) in [5.74, 6) is -0.868. The van der Waals surface area contributed by atoms with Gasteiger partial charge in [0.25, 0.3) is 5.91 Å². The summed E-state index contributed by atoms with van der Waals surface area (Å²) in [7, 11) is -2.22. The molecule has 1 heterocycles. The van der Waals surface area contributed by atoms with Gasteiger partial charge in [0.2, 0.25) is 10.0 Å². The van der Waals surface area contributed by atoms with Crippen molar-refractivity contribution in [2.45, 2.75) is 4.90 Å². The molecule has 0 unspecified atom stereocenters. The highest BCUT2D eigenvalue weighted by atomic mass is 32.2. The molecule has 0 bridgehead atoms. The summed E-state index contributed by atoms with van der Waals surface area (Å²) in [5.41, 5.74) is 0.211. The largest absolute Gasteiger partial charge is 0.494 e. The Bertz CT molecular complexity index is 895. The van der Waals surface area contributed by atoms with Crippen molar-refractivity contribution >= 4 is 15.9 Å². The molecule has 1 saturated heterocycles. The highest BCUT2D eigenvalue weighted by Gasteiger charge is 2.30. The first-order valence-corrected chi connectivity index (χ1v) is 9.55. The molecule has 0 spiro atoms. The number of sulfonamides is 1. The summed E-state index contributed by atoms with van der Waals surface area (Å²) in [5, 5.41) is 0. The molecule has 8 heteroatoms. The van der Waals surface area contributed by atoms with Crippen molar-refractivity contribution in [3.8, 4) is 5.75 Å². The van der Waals surface area contributed by atoms with Crippen LogP contribution in [0.3, 0.4) is 0 Å². The first-order chi connectivity index (χ1) is 12.4. The molecular formula is C18H19FN2O4S.